The van der Waals surface area contributed by atoms with Crippen LogP contribution in [0.25, 0.3) is 82.5 Å². The molecule has 0 radical (unpaired) electrons. The van der Waals surface area contributed by atoms with Crippen LogP contribution in [0, 0.1) is 11.3 Å². The molecule has 0 saturated carbocycles. The van der Waals surface area contributed by atoms with E-state index in [0.717, 1.165) is 88.1 Å². The van der Waals surface area contributed by atoms with Crippen LogP contribution >= 0.6 is 0 Å². The van der Waals surface area contributed by atoms with E-state index in [1.165, 1.54) is 0 Å². The first-order valence-electron chi connectivity index (χ1n) is 14.5. The van der Waals surface area contributed by atoms with Gasteiger partial charge in [-0.3, -0.25) is 4.99 Å². The van der Waals surface area contributed by atoms with Crippen molar-refractivity contribution in [3.05, 3.63) is 126 Å². The monoisotopic (exact) mass is 565 g/mol. The topological polar surface area (TPSA) is 67.4 Å². The fourth-order valence-electron chi connectivity index (χ4n) is 6.72. The molecule has 0 amide bonds. The van der Waals surface area contributed by atoms with Gasteiger partial charge >= 0.3 is 0 Å². The molecule has 0 aliphatic heterocycles. The van der Waals surface area contributed by atoms with Crippen molar-refractivity contribution in [2.75, 3.05) is 7.05 Å². The summed E-state index contributed by atoms with van der Waals surface area (Å²) in [5.41, 5.74) is 10.1. The first-order chi connectivity index (χ1) is 21.7. The number of furan rings is 2. The van der Waals surface area contributed by atoms with Gasteiger partial charge in [-0.15, -0.1) is 0 Å². The molecule has 206 valence electrons. The summed E-state index contributed by atoms with van der Waals surface area (Å²) in [6.45, 7) is 0. The van der Waals surface area contributed by atoms with E-state index < -0.39 is 0 Å². The van der Waals surface area contributed by atoms with Crippen LogP contribution < -0.4 is 0 Å². The van der Waals surface area contributed by atoms with Gasteiger partial charge in [-0.1, -0.05) is 42.5 Å². The van der Waals surface area contributed by atoms with Crippen LogP contribution in [0.5, 0.6) is 0 Å². The number of benzene rings is 6. The molecule has 0 atom stereocenters. The minimum atomic E-state index is 0.600. The van der Waals surface area contributed by atoms with Gasteiger partial charge in [0, 0.05) is 45.8 Å². The lowest BCUT2D eigenvalue weighted by Crippen LogP contribution is -1.98. The average molecular weight is 566 g/mol. The van der Waals surface area contributed by atoms with E-state index in [9.17, 15) is 5.26 Å². The van der Waals surface area contributed by atoms with Gasteiger partial charge in [0.2, 0.25) is 0 Å². The van der Waals surface area contributed by atoms with Crippen LogP contribution in [0.15, 0.2) is 129 Å². The van der Waals surface area contributed by atoms with E-state index >= 15 is 0 Å². The Balaban J connectivity index is 1.36. The summed E-state index contributed by atoms with van der Waals surface area (Å²) in [6, 6.07) is 41.6. The Morgan fingerprint density at radius 2 is 1.43 bits per heavy atom. The lowest BCUT2D eigenvalue weighted by molar-refractivity contribution is 0.669. The Kier molecular flexibility index (Phi) is 5.11. The first-order valence-corrected chi connectivity index (χ1v) is 14.5. The van der Waals surface area contributed by atoms with Crippen LogP contribution in [0.3, 0.4) is 0 Å². The highest BCUT2D eigenvalue weighted by Gasteiger charge is 2.21. The van der Waals surface area contributed by atoms with Crippen LogP contribution in [0.1, 0.15) is 11.1 Å². The largest absolute Gasteiger partial charge is 0.456 e. The standard InChI is InChI=1S/C39H23N3O2/c1-41-22-24-11-16-36-30(19-24)31-20-25(12-17-37(31)43-36)29-18-23(21-40)10-14-33(29)42-32-8-4-2-7-28(32)38-34(42)15-13-27-26-6-3-5-9-35(26)44-39(27)38/h2-20,22H,1H3. The minimum absolute atomic E-state index is 0.600. The highest BCUT2D eigenvalue weighted by Crippen LogP contribution is 2.43. The molecule has 0 N–H and O–H groups in total. The fourth-order valence-corrected chi connectivity index (χ4v) is 6.72. The SMILES string of the molecule is CN=Cc1ccc2oc3ccc(-c4cc(C#N)ccc4-n4c5ccccc5c5c6oc7ccccc7c6ccc54)cc3c2c1. The van der Waals surface area contributed by atoms with E-state index in [0.29, 0.717) is 5.56 Å². The third-order valence-corrected chi connectivity index (χ3v) is 8.63. The zero-order valence-corrected chi connectivity index (χ0v) is 23.7. The number of nitriles is 1. The quantitative estimate of drug-likeness (QED) is 0.200. The van der Waals surface area contributed by atoms with Crippen molar-refractivity contribution < 1.29 is 8.83 Å². The predicted octanol–water partition coefficient (Wildman–Crippen LogP) is 10.2. The molecular formula is C39H23N3O2. The van der Waals surface area contributed by atoms with E-state index in [4.69, 9.17) is 8.83 Å². The summed E-state index contributed by atoms with van der Waals surface area (Å²) in [6.07, 6.45) is 1.85. The molecule has 0 aliphatic rings. The zero-order valence-electron chi connectivity index (χ0n) is 23.7. The van der Waals surface area contributed by atoms with Crippen molar-refractivity contribution in [3.8, 4) is 22.9 Å². The normalized spacial score (nSPS) is 12.1. The second-order valence-corrected chi connectivity index (χ2v) is 11.1. The molecular weight excluding hydrogens is 542 g/mol. The number of fused-ring (bicyclic) bond motifs is 10. The molecule has 3 aromatic heterocycles. The Morgan fingerprint density at radius 1 is 0.659 bits per heavy atom. The van der Waals surface area contributed by atoms with Gasteiger partial charge in [0.25, 0.3) is 0 Å². The molecule has 6 aromatic carbocycles. The molecule has 3 heterocycles. The predicted molar refractivity (Wildman–Crippen MR) is 179 cm³/mol. The number of hydrogen-bond acceptors (Lipinski definition) is 4. The lowest BCUT2D eigenvalue weighted by atomic mass is 9.98. The molecule has 9 rings (SSSR count). The minimum Gasteiger partial charge on any atom is -0.456 e. The summed E-state index contributed by atoms with van der Waals surface area (Å²) in [5, 5.41) is 16.4. The van der Waals surface area contributed by atoms with Crippen molar-refractivity contribution in [2.45, 2.75) is 0 Å². The van der Waals surface area contributed by atoms with Gasteiger partial charge in [-0.2, -0.15) is 5.26 Å². The molecule has 0 saturated heterocycles. The third kappa shape index (κ3) is 3.43. The van der Waals surface area contributed by atoms with Gasteiger partial charge in [0.1, 0.15) is 22.3 Å². The van der Waals surface area contributed by atoms with Gasteiger partial charge in [0.15, 0.2) is 0 Å². The first kappa shape index (κ1) is 24.5. The van der Waals surface area contributed by atoms with E-state index in [1.54, 1.807) is 7.05 Å². The van der Waals surface area contributed by atoms with Crippen LogP contribution in [-0.4, -0.2) is 17.8 Å². The smallest absolute Gasteiger partial charge is 0.145 e. The Bertz CT molecular complexity index is 2700. The summed E-state index contributed by atoms with van der Waals surface area (Å²) >= 11 is 0. The maximum atomic E-state index is 9.93. The summed E-state index contributed by atoms with van der Waals surface area (Å²) < 4.78 is 15.0. The molecule has 5 nitrogen and oxygen atoms in total. The van der Waals surface area contributed by atoms with E-state index in [1.807, 2.05) is 54.7 Å². The molecule has 0 aliphatic carbocycles. The van der Waals surface area contributed by atoms with Crippen molar-refractivity contribution >= 4 is 71.9 Å². The van der Waals surface area contributed by atoms with Crippen LogP contribution in [0.4, 0.5) is 0 Å². The fraction of sp³-hybridized carbons (Fsp3) is 0.0256. The number of nitrogens with zero attached hydrogens (tertiary/aromatic N) is 3. The maximum Gasteiger partial charge on any atom is 0.145 e. The molecule has 0 spiro atoms. The number of para-hydroxylation sites is 2. The molecule has 0 unspecified atom stereocenters. The van der Waals surface area contributed by atoms with E-state index in [2.05, 4.69) is 82.4 Å². The zero-order chi connectivity index (χ0) is 29.4. The number of rotatable bonds is 3. The summed E-state index contributed by atoms with van der Waals surface area (Å²) in [5.74, 6) is 0. The summed E-state index contributed by atoms with van der Waals surface area (Å²) in [7, 11) is 1.77. The van der Waals surface area contributed by atoms with Crippen molar-refractivity contribution in [1.82, 2.24) is 4.57 Å². The highest BCUT2D eigenvalue weighted by atomic mass is 16.3. The van der Waals surface area contributed by atoms with Gasteiger partial charge in [0.05, 0.1) is 33.7 Å². The van der Waals surface area contributed by atoms with Gasteiger partial charge in [-0.05, 0) is 83.9 Å². The van der Waals surface area contributed by atoms with Crippen LogP contribution in [-0.2, 0) is 0 Å². The maximum absolute atomic E-state index is 9.93. The lowest BCUT2D eigenvalue weighted by Gasteiger charge is -2.15. The molecule has 44 heavy (non-hydrogen) atoms. The van der Waals surface area contributed by atoms with Crippen molar-refractivity contribution in [3.63, 3.8) is 0 Å². The third-order valence-electron chi connectivity index (χ3n) is 8.63. The molecule has 0 bridgehead atoms. The van der Waals surface area contributed by atoms with Gasteiger partial charge in [-0.25, -0.2) is 0 Å². The average Bonchev–Trinajstić information content (AvgIpc) is 3.73. The van der Waals surface area contributed by atoms with Crippen LogP contribution in [0.2, 0.25) is 0 Å². The Hall–Kier alpha value is -6.12. The van der Waals surface area contributed by atoms with Gasteiger partial charge < -0.3 is 13.4 Å². The summed E-state index contributed by atoms with van der Waals surface area (Å²) in [4.78, 5) is 4.19. The Morgan fingerprint density at radius 3 is 2.30 bits per heavy atom. The number of aromatic nitrogens is 1. The van der Waals surface area contributed by atoms with Crippen molar-refractivity contribution in [1.29, 1.82) is 5.26 Å². The number of hydrogen-bond donors (Lipinski definition) is 0. The van der Waals surface area contributed by atoms with Crippen molar-refractivity contribution in [2.24, 2.45) is 4.99 Å². The molecule has 9 aromatic rings. The number of aliphatic imine (C=N–C) groups is 1. The van der Waals surface area contributed by atoms with E-state index in [-0.39, 0.29) is 0 Å². The Labute approximate surface area is 251 Å². The highest BCUT2D eigenvalue weighted by molar-refractivity contribution is 6.24. The second-order valence-electron chi connectivity index (χ2n) is 11.1. The molecule has 0 fully saturated rings. The molecule has 5 heteroatoms. The second kappa shape index (κ2) is 9.19.